The molecule has 24 nitrogen and oxygen atoms in total. The number of fused-ring (bicyclic) bond motifs is 7. The number of cyclic esters (lactones) is 2. The van der Waals surface area contributed by atoms with Gasteiger partial charge in [-0.05, 0) is 49.9 Å². The highest BCUT2D eigenvalue weighted by Gasteiger charge is 2.37. The second kappa shape index (κ2) is 24.6. The molecule has 2 saturated heterocycles. The number of hydrogen-bond donors (Lipinski definition) is 8. The molecule has 0 radical (unpaired) electrons. The summed E-state index contributed by atoms with van der Waals surface area (Å²) in [5.74, 6) is -11.0. The number of aromatic nitrogens is 4. The number of para-hydroxylation sites is 4. The van der Waals surface area contributed by atoms with Crippen LogP contribution in [0, 0.1) is 11.8 Å². The Bertz CT molecular complexity index is 2560. The van der Waals surface area contributed by atoms with Gasteiger partial charge in [0.25, 0.3) is 11.8 Å². The van der Waals surface area contributed by atoms with Gasteiger partial charge in [0.2, 0.25) is 35.4 Å². The number of ether oxygens (including phenoxy) is 2. The van der Waals surface area contributed by atoms with Crippen molar-refractivity contribution in [3.63, 3.8) is 0 Å². The number of hydrogen-bond acceptors (Lipinski definition) is 18. The van der Waals surface area contributed by atoms with E-state index in [9.17, 15) is 47.9 Å². The number of benzene rings is 2. The Morgan fingerprint density at radius 2 is 0.889 bits per heavy atom. The number of nitrogens with one attached hydrogen (secondary N) is 8. The molecule has 0 aliphatic carbocycles. The fraction of sp³-hybridized carbons (Fsp3) is 0.435. The number of carbonyl (C=O) groups is 10. The van der Waals surface area contributed by atoms with Gasteiger partial charge in [0, 0.05) is 11.5 Å². The van der Waals surface area contributed by atoms with Crippen molar-refractivity contribution >= 4 is 103 Å². The molecule has 0 saturated carbocycles. The smallest absolute Gasteiger partial charge is 0.328 e. The van der Waals surface area contributed by atoms with Crippen LogP contribution in [0.2, 0.25) is 0 Å². The van der Waals surface area contributed by atoms with Crippen molar-refractivity contribution < 1.29 is 57.4 Å². The van der Waals surface area contributed by atoms with Gasteiger partial charge in [-0.1, -0.05) is 73.5 Å². The molecule has 2 aromatic carbocycles. The van der Waals surface area contributed by atoms with Gasteiger partial charge in [-0.2, -0.15) is 0 Å². The minimum Gasteiger partial charge on any atom is -0.461 e. The molecule has 8 amide bonds. The van der Waals surface area contributed by atoms with Crippen LogP contribution in [0.4, 0.5) is 0 Å². The minimum atomic E-state index is -1.65. The summed E-state index contributed by atoms with van der Waals surface area (Å²) in [6.45, 7) is 7.40. The first-order chi connectivity index (χ1) is 34.3. The van der Waals surface area contributed by atoms with Crippen molar-refractivity contribution in [2.24, 2.45) is 11.8 Å². The molecule has 382 valence electrons. The van der Waals surface area contributed by atoms with Crippen LogP contribution in [0.25, 0.3) is 22.1 Å². The second-order valence-electron chi connectivity index (χ2n) is 17.4. The van der Waals surface area contributed by atoms with E-state index in [1.54, 1.807) is 76.2 Å². The Labute approximate surface area is 420 Å². The predicted molar refractivity (Wildman–Crippen MR) is 261 cm³/mol. The van der Waals surface area contributed by atoms with Crippen molar-refractivity contribution in [1.29, 1.82) is 0 Å². The molecule has 2 aromatic heterocycles. The van der Waals surface area contributed by atoms with Gasteiger partial charge < -0.3 is 52.0 Å². The monoisotopic (exact) mass is 1030 g/mol. The van der Waals surface area contributed by atoms with Crippen molar-refractivity contribution in [3.05, 3.63) is 72.3 Å². The number of nitrogens with zero attached hydrogens (tertiary/aromatic N) is 4. The third-order valence-electron chi connectivity index (χ3n) is 11.2. The lowest BCUT2D eigenvalue weighted by Crippen LogP contribution is -2.60. The maximum atomic E-state index is 14.1. The number of rotatable bonds is 6. The molecule has 2 unspecified atom stereocenters. The fourth-order valence-electron chi connectivity index (χ4n) is 6.93. The quantitative estimate of drug-likeness (QED) is 0.0868. The van der Waals surface area contributed by atoms with Crippen LogP contribution in [0.3, 0.4) is 0 Å². The maximum absolute atomic E-state index is 14.1. The first kappa shape index (κ1) is 53.9. The zero-order valence-corrected chi connectivity index (χ0v) is 41.5. The summed E-state index contributed by atoms with van der Waals surface area (Å²) in [7, 11) is 2.01. The van der Waals surface area contributed by atoms with E-state index in [2.05, 4.69) is 62.5 Å². The van der Waals surface area contributed by atoms with Gasteiger partial charge >= 0.3 is 11.9 Å². The summed E-state index contributed by atoms with van der Waals surface area (Å²) < 4.78 is 11.1. The third-order valence-corrected chi connectivity index (χ3v) is 13.6. The summed E-state index contributed by atoms with van der Waals surface area (Å²) in [5.41, 5.74) is 1.35. The van der Waals surface area contributed by atoms with Gasteiger partial charge in [0.15, 0.2) is 0 Å². The first-order valence-electron chi connectivity index (χ1n) is 22.7. The van der Waals surface area contributed by atoms with Crippen LogP contribution < -0.4 is 42.5 Å². The van der Waals surface area contributed by atoms with E-state index in [1.165, 1.54) is 26.2 Å². The highest BCUT2D eigenvalue weighted by atomic mass is 33.1. The number of carbonyl (C=O) groups excluding carboxylic acids is 10. The van der Waals surface area contributed by atoms with E-state index in [0.29, 0.717) is 22.1 Å². The zero-order valence-electron chi connectivity index (χ0n) is 39.9. The highest BCUT2D eigenvalue weighted by molar-refractivity contribution is 8.76. The summed E-state index contributed by atoms with van der Waals surface area (Å²) in [6, 6.07) is 1.77. The maximum Gasteiger partial charge on any atom is 0.328 e. The Kier molecular flexibility index (Phi) is 18.4. The SMILES string of the molecule is CC(C)C1NC(=O)[C@@H]2CSSC[C@H](NC(=O)[C@H](C)NC(=O)[C@H](NC(=O)c3cnc4ccccc4n3)COC1=O)C(=O)NC(C(C)C)C(=O)OC[C@@H](NC(=O)c1cnc3ccccc3n1)C(=O)N[C@@H](C)C(=O)N2. The zero-order chi connectivity index (χ0) is 52.2. The normalized spacial score (nSPS) is 24.8. The molecule has 26 heteroatoms. The fourth-order valence-corrected chi connectivity index (χ4v) is 9.26. The summed E-state index contributed by atoms with van der Waals surface area (Å²) in [4.78, 5) is 155. The molecule has 4 aromatic rings. The number of esters is 2. The van der Waals surface area contributed by atoms with Crippen molar-refractivity contribution in [2.45, 2.75) is 89.9 Å². The lowest BCUT2D eigenvalue weighted by Gasteiger charge is -2.28. The Hall–Kier alpha value is -7.48. The van der Waals surface area contributed by atoms with Crippen molar-refractivity contribution in [3.8, 4) is 0 Å². The topological polar surface area (TPSA) is 337 Å². The summed E-state index contributed by atoms with van der Waals surface area (Å²) in [6.07, 6.45) is 2.37. The molecule has 4 heterocycles. The van der Waals surface area contributed by atoms with Crippen LogP contribution in [0.5, 0.6) is 0 Å². The average molecular weight is 1030 g/mol. The molecule has 8 N–H and O–H groups in total. The van der Waals surface area contributed by atoms with E-state index in [0.717, 1.165) is 21.6 Å². The van der Waals surface area contributed by atoms with Gasteiger partial charge in [0.1, 0.15) is 72.9 Å². The predicted octanol–water partition coefficient (Wildman–Crippen LogP) is -0.774. The van der Waals surface area contributed by atoms with Crippen LogP contribution in [0.1, 0.15) is 62.5 Å². The van der Waals surface area contributed by atoms with E-state index < -0.39 is 133 Å². The molecule has 2 fully saturated rings. The second-order valence-corrected chi connectivity index (χ2v) is 20.0. The molecule has 2 bridgehead atoms. The highest BCUT2D eigenvalue weighted by Crippen LogP contribution is 2.24. The van der Waals surface area contributed by atoms with Gasteiger partial charge in [-0.25, -0.2) is 19.6 Å². The minimum absolute atomic E-state index is 0.190. The lowest BCUT2D eigenvalue weighted by molar-refractivity contribution is -0.152. The van der Waals surface area contributed by atoms with Gasteiger partial charge in [-0.15, -0.1) is 0 Å². The van der Waals surface area contributed by atoms with Crippen LogP contribution in [0.15, 0.2) is 60.9 Å². The van der Waals surface area contributed by atoms with Gasteiger partial charge in [-0.3, -0.25) is 48.3 Å². The van der Waals surface area contributed by atoms with Gasteiger partial charge in [0.05, 0.1) is 34.5 Å². The first-order valence-corrected chi connectivity index (χ1v) is 25.2. The molecule has 8 atom stereocenters. The Balaban J connectivity index is 1.31. The number of amides is 8. The average Bonchev–Trinajstić information content (AvgIpc) is 3.35. The summed E-state index contributed by atoms with van der Waals surface area (Å²) in [5, 5.41) is 20.2. The van der Waals surface area contributed by atoms with E-state index >= 15 is 0 Å². The summed E-state index contributed by atoms with van der Waals surface area (Å²) >= 11 is 0. The van der Waals surface area contributed by atoms with E-state index in [4.69, 9.17) is 9.47 Å². The molecule has 2 aliphatic rings. The van der Waals surface area contributed by atoms with E-state index in [-0.39, 0.29) is 22.9 Å². The molecule has 72 heavy (non-hydrogen) atoms. The Morgan fingerprint density at radius 3 is 1.25 bits per heavy atom. The van der Waals surface area contributed by atoms with E-state index in [1.807, 2.05) is 0 Å². The van der Waals surface area contributed by atoms with Crippen LogP contribution in [-0.2, 0) is 47.8 Å². The van der Waals surface area contributed by atoms with Crippen molar-refractivity contribution in [1.82, 2.24) is 62.5 Å². The third kappa shape index (κ3) is 14.1. The standard InChI is InChI=1S/C46H54N12O12S2/c1-21(2)35-45(67)69-17-31(53-39(61)29-15-47-25-11-7-9-13-27(25)51-29)41(63)49-24(6)38(60)56-34-20-72-71-19-33(43(65)57-35)55-37(59)23(5)50-42(64)32(18-70-46(68)36(22(3)4)58-44(34)66)54-40(62)30-16-48-26-12-8-10-14-28(26)52-30/h7-16,21-24,31-36H,17-20H2,1-6H3,(H,49,63)(H,50,64)(H,53,61)(H,54,62)(H,55,59)(H,56,60)(H,57,65)(H,58,66)/t23-,24-,31+,32+,33-,34-,35?,36?/m0/s1. The van der Waals surface area contributed by atoms with Crippen LogP contribution in [-0.4, -0.2) is 152 Å². The lowest BCUT2D eigenvalue weighted by atomic mass is 10.0. The molecule has 6 rings (SSSR count). The van der Waals surface area contributed by atoms with Crippen molar-refractivity contribution in [2.75, 3.05) is 24.7 Å². The van der Waals surface area contributed by atoms with Crippen LogP contribution >= 0.6 is 21.6 Å². The molecular weight excluding hydrogens is 977 g/mol. The molecule has 2 aliphatic heterocycles. The molecular formula is C46H54N12O12S2. The molecule has 0 spiro atoms. The largest absolute Gasteiger partial charge is 0.461 e. The Morgan fingerprint density at radius 1 is 0.528 bits per heavy atom.